The van der Waals surface area contributed by atoms with Crippen molar-refractivity contribution in [2.24, 2.45) is 0 Å². The van der Waals surface area contributed by atoms with Gasteiger partial charge in [0.15, 0.2) is 0 Å². The zero-order valence-corrected chi connectivity index (χ0v) is 15.9. The van der Waals surface area contributed by atoms with Gasteiger partial charge in [-0.1, -0.05) is 0 Å². The van der Waals surface area contributed by atoms with Crippen LogP contribution in [-0.4, -0.2) is 76.4 Å². The Morgan fingerprint density at radius 3 is 1.24 bits per heavy atom. The van der Waals surface area contributed by atoms with Gasteiger partial charge in [0.2, 0.25) is 0 Å². The van der Waals surface area contributed by atoms with Crippen LogP contribution in [0.3, 0.4) is 0 Å². The molecule has 0 amide bonds. The van der Waals surface area contributed by atoms with Crippen LogP contribution >= 0.6 is 34.0 Å². The molecule has 0 fully saturated rings. The number of hydrogen-bond acceptors (Lipinski definition) is 1. The first-order valence-corrected chi connectivity index (χ1v) is 6.18. The van der Waals surface area contributed by atoms with E-state index in [0.717, 1.165) is 22.1 Å². The van der Waals surface area contributed by atoms with Gasteiger partial charge in [0.1, 0.15) is 0 Å². The number of nitrogens with one attached hydrogen (secondary N) is 1. The third kappa shape index (κ3) is 13.1. The smallest absolute Gasteiger partial charge is 0.0909 e. The van der Waals surface area contributed by atoms with Gasteiger partial charge in [-0.3, -0.25) is 0 Å². The lowest BCUT2D eigenvalue weighted by atomic mass is 10.4. The maximum atomic E-state index is 3.54. The second-order valence-electron chi connectivity index (χ2n) is 5.70. The lowest BCUT2D eigenvalue weighted by Gasteiger charge is -2.30. The fraction of sp³-hybridized carbons (Fsp3) is 1.00. The molecular weight excluding hydrogens is 346 g/mol. The summed E-state index contributed by atoms with van der Waals surface area (Å²) in [4.78, 5) is 0. The Balaban J connectivity index is -0.000000980. The zero-order chi connectivity index (χ0) is 11.9. The highest BCUT2D eigenvalue weighted by atomic mass is 79.9. The Morgan fingerprint density at radius 1 is 0.706 bits per heavy atom. The molecule has 0 aliphatic rings. The Labute approximate surface area is 129 Å². The van der Waals surface area contributed by atoms with Crippen LogP contribution in [0.5, 0.6) is 0 Å². The van der Waals surface area contributed by atoms with E-state index in [1.807, 2.05) is 0 Å². The van der Waals surface area contributed by atoms with E-state index in [1.165, 1.54) is 26.2 Å². The SMILES string of the molecule is Br.Br.CC[N+](C)(C)CCNCC[N+](C)(C)CC. The Morgan fingerprint density at radius 2 is 1.00 bits per heavy atom. The van der Waals surface area contributed by atoms with Crippen LogP contribution in [0.15, 0.2) is 0 Å². The zero-order valence-electron chi connectivity index (χ0n) is 12.5. The van der Waals surface area contributed by atoms with Crippen molar-refractivity contribution in [1.82, 2.24) is 5.32 Å². The van der Waals surface area contributed by atoms with Crippen LogP contribution in [0.2, 0.25) is 0 Å². The fourth-order valence-electron chi connectivity index (χ4n) is 1.20. The number of halogens is 2. The van der Waals surface area contributed by atoms with Crippen LogP contribution < -0.4 is 5.32 Å². The summed E-state index contributed by atoms with van der Waals surface area (Å²) in [5.74, 6) is 0. The van der Waals surface area contributed by atoms with Crippen molar-refractivity contribution in [2.45, 2.75) is 13.8 Å². The van der Waals surface area contributed by atoms with Crippen LogP contribution in [0.25, 0.3) is 0 Å². The number of quaternary nitrogens is 2. The highest BCUT2D eigenvalue weighted by molar-refractivity contribution is 8.93. The maximum Gasteiger partial charge on any atom is 0.0909 e. The standard InChI is InChI=1S/C12H31N3.2BrH/c1-7-14(3,4)11-9-13-10-12-15(5,6)8-2;;/h13H,7-12H2,1-6H3;2*1H/q+2;;. The first-order chi connectivity index (χ1) is 6.83. The van der Waals surface area contributed by atoms with Gasteiger partial charge < -0.3 is 14.3 Å². The molecule has 1 N–H and O–H groups in total. The number of likely N-dealkylation sites (N-methyl/N-ethyl adjacent to an activating group) is 2. The van der Waals surface area contributed by atoms with Crippen LogP contribution in [0.4, 0.5) is 0 Å². The molecule has 108 valence electrons. The monoisotopic (exact) mass is 377 g/mol. The van der Waals surface area contributed by atoms with Gasteiger partial charge in [-0.2, -0.15) is 0 Å². The van der Waals surface area contributed by atoms with E-state index in [0.29, 0.717) is 0 Å². The molecule has 0 radical (unpaired) electrons. The molecule has 0 spiro atoms. The van der Waals surface area contributed by atoms with Gasteiger partial charge in [0, 0.05) is 13.1 Å². The minimum atomic E-state index is 0. The molecule has 0 bridgehead atoms. The van der Waals surface area contributed by atoms with E-state index in [4.69, 9.17) is 0 Å². The summed E-state index contributed by atoms with van der Waals surface area (Å²) in [5.41, 5.74) is 0. The first kappa shape index (κ1) is 23.0. The van der Waals surface area contributed by atoms with Gasteiger partial charge in [-0.15, -0.1) is 34.0 Å². The van der Waals surface area contributed by atoms with Gasteiger partial charge in [0.05, 0.1) is 54.4 Å². The molecule has 0 unspecified atom stereocenters. The predicted molar refractivity (Wildman–Crippen MR) is 88.5 cm³/mol. The summed E-state index contributed by atoms with van der Waals surface area (Å²) in [7, 11) is 9.14. The first-order valence-electron chi connectivity index (χ1n) is 6.18. The minimum absolute atomic E-state index is 0. The van der Waals surface area contributed by atoms with Crippen molar-refractivity contribution in [1.29, 1.82) is 0 Å². The van der Waals surface area contributed by atoms with Gasteiger partial charge in [0.25, 0.3) is 0 Å². The van der Waals surface area contributed by atoms with Crippen LogP contribution in [-0.2, 0) is 0 Å². The molecular formula is C12H33Br2N3+2. The molecule has 0 saturated carbocycles. The highest BCUT2D eigenvalue weighted by Gasteiger charge is 2.12. The van der Waals surface area contributed by atoms with Crippen molar-refractivity contribution in [2.75, 3.05) is 67.5 Å². The summed E-state index contributed by atoms with van der Waals surface area (Å²) in [5, 5.41) is 3.54. The third-order valence-corrected chi connectivity index (χ3v) is 3.50. The molecule has 0 aromatic rings. The molecule has 0 atom stereocenters. The van der Waals surface area contributed by atoms with Gasteiger partial charge >= 0.3 is 0 Å². The summed E-state index contributed by atoms with van der Waals surface area (Å²) in [6.07, 6.45) is 0. The lowest BCUT2D eigenvalue weighted by molar-refractivity contribution is -0.889. The van der Waals surface area contributed by atoms with E-state index in [1.54, 1.807) is 0 Å². The largest absolute Gasteiger partial charge is 0.328 e. The minimum Gasteiger partial charge on any atom is -0.328 e. The molecule has 3 nitrogen and oxygen atoms in total. The molecule has 0 aromatic carbocycles. The second kappa shape index (κ2) is 10.7. The van der Waals surface area contributed by atoms with Crippen molar-refractivity contribution >= 4 is 34.0 Å². The summed E-state index contributed by atoms with van der Waals surface area (Å²) >= 11 is 0. The van der Waals surface area contributed by atoms with Crippen molar-refractivity contribution in [3.63, 3.8) is 0 Å². The van der Waals surface area contributed by atoms with E-state index in [-0.39, 0.29) is 34.0 Å². The van der Waals surface area contributed by atoms with E-state index < -0.39 is 0 Å². The lowest BCUT2D eigenvalue weighted by Crippen LogP contribution is -2.47. The third-order valence-electron chi connectivity index (χ3n) is 3.50. The van der Waals surface area contributed by atoms with Gasteiger partial charge in [-0.25, -0.2) is 0 Å². The maximum absolute atomic E-state index is 3.54. The Bertz CT molecular complexity index is 155. The molecule has 0 aliphatic heterocycles. The van der Waals surface area contributed by atoms with E-state index >= 15 is 0 Å². The number of nitrogens with zero attached hydrogens (tertiary/aromatic N) is 2. The normalized spacial score (nSPS) is 11.6. The van der Waals surface area contributed by atoms with E-state index in [9.17, 15) is 0 Å². The predicted octanol–water partition coefficient (Wildman–Crippen LogP) is 1.92. The van der Waals surface area contributed by atoms with Crippen LogP contribution in [0, 0.1) is 0 Å². The Hall–Kier alpha value is 0.840. The topological polar surface area (TPSA) is 12.0 Å². The molecule has 0 heterocycles. The molecule has 17 heavy (non-hydrogen) atoms. The van der Waals surface area contributed by atoms with Crippen LogP contribution in [0.1, 0.15) is 13.8 Å². The second-order valence-corrected chi connectivity index (χ2v) is 5.70. The fourth-order valence-corrected chi connectivity index (χ4v) is 1.20. The van der Waals surface area contributed by atoms with Crippen molar-refractivity contribution < 1.29 is 8.97 Å². The van der Waals surface area contributed by atoms with Crippen molar-refractivity contribution in [3.05, 3.63) is 0 Å². The Kier molecular flexibility index (Phi) is 14.5. The number of rotatable bonds is 8. The molecule has 0 aromatic heterocycles. The highest BCUT2D eigenvalue weighted by Crippen LogP contribution is 1.95. The quantitative estimate of drug-likeness (QED) is 0.502. The van der Waals surface area contributed by atoms with E-state index in [2.05, 4.69) is 47.4 Å². The molecule has 0 aliphatic carbocycles. The molecule has 0 saturated heterocycles. The average Bonchev–Trinajstić information content (AvgIpc) is 2.17. The summed E-state index contributed by atoms with van der Waals surface area (Å²) in [6.45, 7) is 11.6. The van der Waals surface area contributed by atoms with Crippen molar-refractivity contribution in [3.8, 4) is 0 Å². The summed E-state index contributed by atoms with van der Waals surface area (Å²) in [6, 6.07) is 0. The van der Waals surface area contributed by atoms with Gasteiger partial charge in [-0.05, 0) is 13.8 Å². The number of hydrogen-bond donors (Lipinski definition) is 1. The molecule has 0 rings (SSSR count). The molecule has 5 heteroatoms. The summed E-state index contributed by atoms with van der Waals surface area (Å²) < 4.78 is 2.22. The average molecular weight is 379 g/mol.